The summed E-state index contributed by atoms with van der Waals surface area (Å²) in [5, 5.41) is 13.0. The Balaban J connectivity index is 2.23. The molecule has 0 saturated carbocycles. The summed E-state index contributed by atoms with van der Waals surface area (Å²) in [6.07, 6.45) is 0. The molecule has 98 valence electrons. The molecule has 2 N–H and O–H groups in total. The fraction of sp³-hybridized carbons (Fsp3) is 0. The van der Waals surface area contributed by atoms with Crippen LogP contribution in [-0.4, -0.2) is 17.0 Å². The summed E-state index contributed by atoms with van der Waals surface area (Å²) in [6.45, 7) is 0. The third kappa shape index (κ3) is 2.91. The van der Waals surface area contributed by atoms with Gasteiger partial charge in [0.1, 0.15) is 10.7 Å². The lowest BCUT2D eigenvalue weighted by molar-refractivity contribution is 0.0696. The smallest absolute Gasteiger partial charge is 0.335 e. The van der Waals surface area contributed by atoms with Crippen LogP contribution in [0.25, 0.3) is 0 Å². The number of halogens is 2. The standard InChI is InChI=1S/C12H7ClFNO3S/c13-7-3-4-19-10(7)11(16)15-9-2-1-6(12(17)18)5-8(9)14/h1-5H,(H,15,16)(H,17,18). The molecular formula is C12H7ClFNO3S. The van der Waals surface area contributed by atoms with Gasteiger partial charge in [-0.25, -0.2) is 9.18 Å². The molecule has 1 heterocycles. The molecule has 0 atom stereocenters. The SMILES string of the molecule is O=C(O)c1ccc(NC(=O)c2sccc2Cl)c(F)c1. The number of aromatic carboxylic acids is 1. The van der Waals surface area contributed by atoms with Gasteiger partial charge in [-0.05, 0) is 29.6 Å². The Labute approximate surface area is 116 Å². The maximum atomic E-state index is 13.6. The predicted molar refractivity (Wildman–Crippen MR) is 70.6 cm³/mol. The van der Waals surface area contributed by atoms with Crippen LogP contribution in [-0.2, 0) is 0 Å². The quantitative estimate of drug-likeness (QED) is 0.911. The van der Waals surface area contributed by atoms with Crippen molar-refractivity contribution in [3.8, 4) is 0 Å². The molecule has 19 heavy (non-hydrogen) atoms. The van der Waals surface area contributed by atoms with E-state index in [2.05, 4.69) is 5.32 Å². The Morgan fingerprint density at radius 3 is 2.58 bits per heavy atom. The summed E-state index contributed by atoms with van der Waals surface area (Å²) >= 11 is 6.92. The number of rotatable bonds is 3. The van der Waals surface area contributed by atoms with Crippen LogP contribution < -0.4 is 5.32 Å². The number of carboxylic acid groups (broad SMARTS) is 1. The van der Waals surface area contributed by atoms with E-state index in [1.54, 1.807) is 11.4 Å². The summed E-state index contributed by atoms with van der Waals surface area (Å²) in [4.78, 5) is 22.7. The normalized spacial score (nSPS) is 10.2. The van der Waals surface area contributed by atoms with Gasteiger partial charge in [0, 0.05) is 0 Å². The number of nitrogens with one attached hydrogen (secondary N) is 1. The van der Waals surface area contributed by atoms with Gasteiger partial charge in [0.25, 0.3) is 5.91 Å². The van der Waals surface area contributed by atoms with E-state index in [0.29, 0.717) is 0 Å². The number of hydrogen-bond acceptors (Lipinski definition) is 3. The highest BCUT2D eigenvalue weighted by atomic mass is 35.5. The Kier molecular flexibility index (Phi) is 3.82. The van der Waals surface area contributed by atoms with E-state index in [4.69, 9.17) is 16.7 Å². The molecule has 0 aliphatic heterocycles. The monoisotopic (exact) mass is 299 g/mol. The van der Waals surface area contributed by atoms with Crippen LogP contribution in [0.15, 0.2) is 29.6 Å². The highest BCUT2D eigenvalue weighted by Crippen LogP contribution is 2.24. The van der Waals surface area contributed by atoms with E-state index < -0.39 is 17.7 Å². The molecule has 0 aliphatic rings. The van der Waals surface area contributed by atoms with Gasteiger partial charge >= 0.3 is 5.97 Å². The highest BCUT2D eigenvalue weighted by molar-refractivity contribution is 7.12. The lowest BCUT2D eigenvalue weighted by atomic mass is 10.2. The fourth-order valence-electron chi connectivity index (χ4n) is 1.38. The topological polar surface area (TPSA) is 66.4 Å². The number of anilines is 1. The van der Waals surface area contributed by atoms with Gasteiger partial charge in [-0.3, -0.25) is 4.79 Å². The molecule has 0 bridgehead atoms. The van der Waals surface area contributed by atoms with Crippen LogP contribution in [0.1, 0.15) is 20.0 Å². The number of carboxylic acids is 1. The van der Waals surface area contributed by atoms with Crippen molar-refractivity contribution in [1.29, 1.82) is 0 Å². The van der Waals surface area contributed by atoms with Crippen molar-refractivity contribution in [2.24, 2.45) is 0 Å². The Morgan fingerprint density at radius 1 is 1.32 bits per heavy atom. The van der Waals surface area contributed by atoms with E-state index in [1.807, 2.05) is 0 Å². The first-order valence-corrected chi connectivity index (χ1v) is 6.32. The second kappa shape index (κ2) is 5.38. The number of carbonyl (C=O) groups excluding carboxylic acids is 1. The molecule has 0 spiro atoms. The average Bonchev–Trinajstić information content (AvgIpc) is 2.77. The second-order valence-electron chi connectivity index (χ2n) is 3.55. The molecule has 1 aromatic heterocycles. The molecule has 0 radical (unpaired) electrons. The zero-order valence-electron chi connectivity index (χ0n) is 9.31. The van der Waals surface area contributed by atoms with Crippen molar-refractivity contribution < 1.29 is 19.1 Å². The zero-order valence-corrected chi connectivity index (χ0v) is 10.9. The van der Waals surface area contributed by atoms with E-state index in [9.17, 15) is 14.0 Å². The van der Waals surface area contributed by atoms with Crippen molar-refractivity contribution in [3.05, 3.63) is 50.9 Å². The minimum atomic E-state index is -1.24. The number of amides is 1. The molecule has 7 heteroatoms. The molecular weight excluding hydrogens is 293 g/mol. The molecule has 0 aliphatic carbocycles. The summed E-state index contributed by atoms with van der Waals surface area (Å²) < 4.78 is 13.6. The summed E-state index contributed by atoms with van der Waals surface area (Å²) in [7, 11) is 0. The first-order valence-electron chi connectivity index (χ1n) is 5.06. The lowest BCUT2D eigenvalue weighted by Gasteiger charge is -2.06. The van der Waals surface area contributed by atoms with E-state index >= 15 is 0 Å². The van der Waals surface area contributed by atoms with Crippen LogP contribution >= 0.6 is 22.9 Å². The van der Waals surface area contributed by atoms with Gasteiger partial charge in [-0.2, -0.15) is 0 Å². The lowest BCUT2D eigenvalue weighted by Crippen LogP contribution is -2.12. The van der Waals surface area contributed by atoms with Crippen LogP contribution in [0, 0.1) is 5.82 Å². The Bertz CT molecular complexity index is 656. The van der Waals surface area contributed by atoms with Crippen molar-refractivity contribution in [3.63, 3.8) is 0 Å². The van der Waals surface area contributed by atoms with Crippen molar-refractivity contribution in [2.75, 3.05) is 5.32 Å². The highest BCUT2D eigenvalue weighted by Gasteiger charge is 2.15. The van der Waals surface area contributed by atoms with E-state index in [1.165, 1.54) is 12.1 Å². The Hall–Kier alpha value is -1.92. The molecule has 1 aromatic carbocycles. The molecule has 0 unspecified atom stereocenters. The van der Waals surface area contributed by atoms with Gasteiger partial charge in [-0.15, -0.1) is 11.3 Å². The summed E-state index contributed by atoms with van der Waals surface area (Å²) in [5.41, 5.74) is -0.288. The van der Waals surface area contributed by atoms with Gasteiger partial charge in [0.15, 0.2) is 0 Å². The first kappa shape index (κ1) is 13.5. The fourth-order valence-corrected chi connectivity index (χ4v) is 2.42. The third-order valence-corrected chi connectivity index (χ3v) is 3.63. The largest absolute Gasteiger partial charge is 0.478 e. The van der Waals surface area contributed by atoms with Crippen LogP contribution in [0.2, 0.25) is 5.02 Å². The maximum Gasteiger partial charge on any atom is 0.335 e. The third-order valence-electron chi connectivity index (χ3n) is 2.29. The molecule has 1 amide bonds. The minimum Gasteiger partial charge on any atom is -0.478 e. The number of carbonyl (C=O) groups is 2. The second-order valence-corrected chi connectivity index (χ2v) is 4.87. The molecule has 2 rings (SSSR count). The van der Waals surface area contributed by atoms with Gasteiger partial charge in [0.05, 0.1) is 16.3 Å². The van der Waals surface area contributed by atoms with Gasteiger partial charge < -0.3 is 10.4 Å². The van der Waals surface area contributed by atoms with Crippen LogP contribution in [0.4, 0.5) is 10.1 Å². The van der Waals surface area contributed by atoms with Crippen molar-refractivity contribution >= 4 is 40.5 Å². The first-order chi connectivity index (χ1) is 8.99. The van der Waals surface area contributed by atoms with Crippen molar-refractivity contribution in [2.45, 2.75) is 0 Å². The van der Waals surface area contributed by atoms with Gasteiger partial charge in [0.2, 0.25) is 0 Å². The zero-order chi connectivity index (χ0) is 14.0. The number of thiophene rings is 1. The predicted octanol–water partition coefficient (Wildman–Crippen LogP) is 3.49. The van der Waals surface area contributed by atoms with Crippen LogP contribution in [0.3, 0.4) is 0 Å². The molecule has 2 aromatic rings. The summed E-state index contributed by atoms with van der Waals surface area (Å²) in [5.74, 6) is -2.60. The van der Waals surface area contributed by atoms with Crippen molar-refractivity contribution in [1.82, 2.24) is 0 Å². The minimum absolute atomic E-state index is 0.0977. The average molecular weight is 300 g/mol. The molecule has 0 saturated heterocycles. The van der Waals surface area contributed by atoms with Gasteiger partial charge in [-0.1, -0.05) is 11.6 Å². The molecule has 4 nitrogen and oxygen atoms in total. The summed E-state index contributed by atoms with van der Waals surface area (Å²) in [6, 6.07) is 4.80. The molecule has 0 fully saturated rings. The Morgan fingerprint density at radius 2 is 2.05 bits per heavy atom. The number of benzene rings is 1. The number of hydrogen-bond donors (Lipinski definition) is 2. The van der Waals surface area contributed by atoms with Crippen LogP contribution in [0.5, 0.6) is 0 Å². The maximum absolute atomic E-state index is 13.6. The van der Waals surface area contributed by atoms with E-state index in [0.717, 1.165) is 17.4 Å². The van der Waals surface area contributed by atoms with E-state index in [-0.39, 0.29) is 21.2 Å².